The second-order valence-corrected chi connectivity index (χ2v) is 6.70. The molecular formula is C17H34N2O3. The molecule has 130 valence electrons. The average Bonchev–Trinajstić information content (AvgIpc) is 2.41. The predicted octanol–water partition coefficient (Wildman–Crippen LogP) is 3.13. The van der Waals surface area contributed by atoms with Gasteiger partial charge in [-0.15, -0.1) is 0 Å². The second-order valence-electron chi connectivity index (χ2n) is 6.70. The Kier molecular flexibility index (Phi) is 8.79. The van der Waals surface area contributed by atoms with Gasteiger partial charge < -0.3 is 14.4 Å². The number of amides is 1. The molecule has 1 aliphatic heterocycles. The Balaban J connectivity index is 2.31. The summed E-state index contributed by atoms with van der Waals surface area (Å²) in [6.45, 7) is 11.9. The fourth-order valence-electron chi connectivity index (χ4n) is 3.17. The molecule has 1 fully saturated rings. The predicted molar refractivity (Wildman–Crippen MR) is 89.2 cm³/mol. The lowest BCUT2D eigenvalue weighted by Crippen LogP contribution is -2.59. The molecule has 1 saturated heterocycles. The topological polar surface area (TPSA) is 42.0 Å². The van der Waals surface area contributed by atoms with Crippen molar-refractivity contribution in [1.82, 2.24) is 9.80 Å². The van der Waals surface area contributed by atoms with Crippen molar-refractivity contribution in [3.05, 3.63) is 0 Å². The largest absolute Gasteiger partial charge is 0.447 e. The highest BCUT2D eigenvalue weighted by Gasteiger charge is 2.33. The number of hydrogen-bond donors (Lipinski definition) is 0. The molecular weight excluding hydrogens is 280 g/mol. The SMILES string of the molecule is COCCCCCCN1CC(C)N(C(=O)OC(C)C)C(C)C1. The van der Waals surface area contributed by atoms with Crippen LogP contribution in [0.4, 0.5) is 4.79 Å². The Hall–Kier alpha value is -0.810. The van der Waals surface area contributed by atoms with Crippen molar-refractivity contribution in [2.24, 2.45) is 0 Å². The van der Waals surface area contributed by atoms with Crippen LogP contribution in [0.15, 0.2) is 0 Å². The number of unbranched alkanes of at least 4 members (excludes halogenated alkanes) is 3. The van der Waals surface area contributed by atoms with Crippen molar-refractivity contribution in [1.29, 1.82) is 0 Å². The molecule has 0 saturated carbocycles. The van der Waals surface area contributed by atoms with Gasteiger partial charge >= 0.3 is 6.09 Å². The Bertz CT molecular complexity index is 311. The van der Waals surface area contributed by atoms with E-state index in [9.17, 15) is 4.79 Å². The molecule has 0 bridgehead atoms. The summed E-state index contributed by atoms with van der Waals surface area (Å²) in [5.41, 5.74) is 0. The van der Waals surface area contributed by atoms with Gasteiger partial charge in [-0.3, -0.25) is 4.90 Å². The summed E-state index contributed by atoms with van der Waals surface area (Å²) < 4.78 is 10.4. The van der Waals surface area contributed by atoms with Crippen LogP contribution in [0.1, 0.15) is 53.4 Å². The molecule has 5 nitrogen and oxygen atoms in total. The van der Waals surface area contributed by atoms with Gasteiger partial charge in [0.25, 0.3) is 0 Å². The molecule has 0 radical (unpaired) electrons. The lowest BCUT2D eigenvalue weighted by molar-refractivity contribution is 0.0123. The van der Waals surface area contributed by atoms with Gasteiger partial charge in [0.2, 0.25) is 0 Å². The van der Waals surface area contributed by atoms with Crippen LogP contribution in [0.25, 0.3) is 0 Å². The van der Waals surface area contributed by atoms with Gasteiger partial charge in [0.15, 0.2) is 0 Å². The second kappa shape index (κ2) is 10.1. The van der Waals surface area contributed by atoms with E-state index in [4.69, 9.17) is 9.47 Å². The summed E-state index contributed by atoms with van der Waals surface area (Å²) in [5, 5.41) is 0. The number of nitrogens with zero attached hydrogens (tertiary/aromatic N) is 2. The zero-order valence-electron chi connectivity index (χ0n) is 15.0. The Morgan fingerprint density at radius 1 is 1.09 bits per heavy atom. The maximum absolute atomic E-state index is 12.2. The molecule has 1 amide bonds. The van der Waals surface area contributed by atoms with Gasteiger partial charge in [0.1, 0.15) is 0 Å². The summed E-state index contributed by atoms with van der Waals surface area (Å²) in [5.74, 6) is 0. The minimum atomic E-state index is -0.172. The van der Waals surface area contributed by atoms with Crippen LogP contribution in [0, 0.1) is 0 Å². The molecule has 1 heterocycles. The fourth-order valence-corrected chi connectivity index (χ4v) is 3.17. The van der Waals surface area contributed by atoms with Crippen LogP contribution in [0.5, 0.6) is 0 Å². The van der Waals surface area contributed by atoms with E-state index in [0.717, 1.165) is 32.7 Å². The minimum absolute atomic E-state index is 0.0583. The maximum Gasteiger partial charge on any atom is 0.410 e. The molecule has 0 aromatic rings. The van der Waals surface area contributed by atoms with Crippen LogP contribution in [-0.4, -0.2) is 67.4 Å². The summed E-state index contributed by atoms with van der Waals surface area (Å²) in [6.07, 6.45) is 4.63. The zero-order valence-corrected chi connectivity index (χ0v) is 15.0. The van der Waals surface area contributed by atoms with Gasteiger partial charge in [-0.05, 0) is 47.1 Å². The maximum atomic E-state index is 12.2. The number of piperazine rings is 1. The van der Waals surface area contributed by atoms with Crippen LogP contribution in [-0.2, 0) is 9.47 Å². The standard InChI is InChI=1S/C17H34N2O3/c1-14(2)22-17(20)19-15(3)12-18(13-16(19)4)10-8-6-7-9-11-21-5/h14-16H,6-13H2,1-5H3. The van der Waals surface area contributed by atoms with Crippen LogP contribution < -0.4 is 0 Å². The first-order valence-electron chi connectivity index (χ1n) is 8.66. The highest BCUT2D eigenvalue weighted by molar-refractivity contribution is 5.68. The van der Waals surface area contributed by atoms with Crippen molar-refractivity contribution >= 4 is 6.09 Å². The quantitative estimate of drug-likeness (QED) is 0.646. The molecule has 0 aliphatic carbocycles. The lowest BCUT2D eigenvalue weighted by Gasteiger charge is -2.44. The first-order chi connectivity index (χ1) is 10.5. The van der Waals surface area contributed by atoms with E-state index in [0.29, 0.717) is 0 Å². The van der Waals surface area contributed by atoms with E-state index < -0.39 is 0 Å². The first kappa shape index (κ1) is 19.2. The number of carbonyl (C=O) groups is 1. The third kappa shape index (κ3) is 6.53. The molecule has 22 heavy (non-hydrogen) atoms. The number of methoxy groups -OCH3 is 1. The van der Waals surface area contributed by atoms with Gasteiger partial charge in [-0.25, -0.2) is 4.79 Å². The van der Waals surface area contributed by atoms with E-state index in [2.05, 4.69) is 18.7 Å². The Morgan fingerprint density at radius 3 is 2.23 bits per heavy atom. The summed E-state index contributed by atoms with van der Waals surface area (Å²) in [7, 11) is 1.76. The third-order valence-electron chi connectivity index (χ3n) is 4.11. The van der Waals surface area contributed by atoms with Crippen molar-refractivity contribution in [3.8, 4) is 0 Å². The lowest BCUT2D eigenvalue weighted by atomic mass is 10.1. The van der Waals surface area contributed by atoms with Gasteiger partial charge in [-0.2, -0.15) is 0 Å². The average molecular weight is 314 g/mol. The van der Waals surface area contributed by atoms with E-state index in [1.54, 1.807) is 7.11 Å². The molecule has 1 rings (SSSR count). The van der Waals surface area contributed by atoms with E-state index in [1.165, 1.54) is 19.3 Å². The van der Waals surface area contributed by atoms with Gasteiger partial charge in [0, 0.05) is 38.9 Å². The monoisotopic (exact) mass is 314 g/mol. The van der Waals surface area contributed by atoms with E-state index >= 15 is 0 Å². The molecule has 0 spiro atoms. The Morgan fingerprint density at radius 2 is 1.68 bits per heavy atom. The molecule has 1 aliphatic rings. The van der Waals surface area contributed by atoms with Crippen molar-refractivity contribution in [3.63, 3.8) is 0 Å². The van der Waals surface area contributed by atoms with Gasteiger partial charge in [-0.1, -0.05) is 12.8 Å². The summed E-state index contributed by atoms with van der Waals surface area (Å²) in [4.78, 5) is 16.5. The molecule has 2 unspecified atom stereocenters. The summed E-state index contributed by atoms with van der Waals surface area (Å²) >= 11 is 0. The number of rotatable bonds is 8. The van der Waals surface area contributed by atoms with Crippen LogP contribution in [0.2, 0.25) is 0 Å². The molecule has 2 atom stereocenters. The van der Waals surface area contributed by atoms with Gasteiger partial charge in [0.05, 0.1) is 6.10 Å². The van der Waals surface area contributed by atoms with Crippen LogP contribution in [0.3, 0.4) is 0 Å². The van der Waals surface area contributed by atoms with E-state index in [1.807, 2.05) is 18.7 Å². The smallest absolute Gasteiger partial charge is 0.410 e. The molecule has 0 N–H and O–H groups in total. The minimum Gasteiger partial charge on any atom is -0.447 e. The molecule has 0 aromatic carbocycles. The van der Waals surface area contributed by atoms with Crippen molar-refractivity contribution in [2.45, 2.75) is 71.6 Å². The third-order valence-corrected chi connectivity index (χ3v) is 4.11. The first-order valence-corrected chi connectivity index (χ1v) is 8.66. The number of hydrogen-bond acceptors (Lipinski definition) is 4. The zero-order chi connectivity index (χ0) is 16.5. The number of carbonyl (C=O) groups excluding carboxylic acids is 1. The highest BCUT2D eigenvalue weighted by Crippen LogP contribution is 2.18. The normalized spacial score (nSPS) is 23.1. The van der Waals surface area contributed by atoms with Crippen molar-refractivity contribution < 1.29 is 14.3 Å². The molecule has 0 aromatic heterocycles. The highest BCUT2D eigenvalue weighted by atomic mass is 16.6. The molecule has 5 heteroatoms. The van der Waals surface area contributed by atoms with E-state index in [-0.39, 0.29) is 24.3 Å². The fraction of sp³-hybridized carbons (Fsp3) is 0.941. The van der Waals surface area contributed by atoms with Crippen molar-refractivity contribution in [2.75, 3.05) is 33.4 Å². The van der Waals surface area contributed by atoms with Crippen LogP contribution >= 0.6 is 0 Å². The summed E-state index contributed by atoms with van der Waals surface area (Å²) in [6, 6.07) is 0.423. The number of ether oxygens (including phenoxy) is 2. The Labute approximate surface area is 135 Å².